The van der Waals surface area contributed by atoms with E-state index >= 15 is 0 Å². The Labute approximate surface area is 140 Å². The molecule has 1 amide bonds. The second kappa shape index (κ2) is 6.70. The number of amides is 1. The Hall–Kier alpha value is -2.89. The van der Waals surface area contributed by atoms with Gasteiger partial charge in [0.2, 0.25) is 0 Å². The lowest BCUT2D eigenvalue weighted by Crippen LogP contribution is -2.26. The molecule has 0 atom stereocenters. The Morgan fingerprint density at radius 1 is 1.25 bits per heavy atom. The highest BCUT2D eigenvalue weighted by atomic mass is 16.5. The van der Waals surface area contributed by atoms with E-state index in [2.05, 4.69) is 15.6 Å². The summed E-state index contributed by atoms with van der Waals surface area (Å²) >= 11 is 0. The van der Waals surface area contributed by atoms with Crippen molar-refractivity contribution >= 4 is 5.91 Å². The van der Waals surface area contributed by atoms with Crippen LogP contribution >= 0.6 is 0 Å². The van der Waals surface area contributed by atoms with Crippen LogP contribution in [0.1, 0.15) is 27.4 Å². The van der Waals surface area contributed by atoms with Gasteiger partial charge in [-0.1, -0.05) is 35.5 Å². The van der Waals surface area contributed by atoms with Crippen LogP contribution in [0.25, 0.3) is 11.3 Å². The zero-order chi connectivity index (χ0) is 17.1. The van der Waals surface area contributed by atoms with Crippen molar-refractivity contribution in [2.75, 3.05) is 6.54 Å². The highest BCUT2D eigenvalue weighted by Crippen LogP contribution is 2.27. The van der Waals surface area contributed by atoms with Crippen LogP contribution in [0.5, 0.6) is 0 Å². The van der Waals surface area contributed by atoms with E-state index < -0.39 is 0 Å². The summed E-state index contributed by atoms with van der Waals surface area (Å²) in [5.74, 6) is 0.327. The van der Waals surface area contributed by atoms with Crippen LogP contribution in [0.15, 0.2) is 41.1 Å². The maximum absolute atomic E-state index is 12.6. The molecule has 2 aromatic heterocycles. The topological polar surface area (TPSA) is 73.0 Å². The molecule has 6 heteroatoms. The van der Waals surface area contributed by atoms with Crippen LogP contribution in [-0.2, 0) is 13.5 Å². The van der Waals surface area contributed by atoms with Crippen LogP contribution in [0.2, 0.25) is 0 Å². The molecule has 0 aliphatic carbocycles. The highest BCUT2D eigenvalue weighted by molar-refractivity contribution is 6.00. The zero-order valence-electron chi connectivity index (χ0n) is 14.0. The second-order valence-corrected chi connectivity index (χ2v) is 5.76. The Balaban J connectivity index is 1.75. The maximum atomic E-state index is 12.6. The first kappa shape index (κ1) is 16.0. The van der Waals surface area contributed by atoms with Crippen molar-refractivity contribution < 1.29 is 9.32 Å². The van der Waals surface area contributed by atoms with Crippen molar-refractivity contribution in [2.24, 2.45) is 7.05 Å². The van der Waals surface area contributed by atoms with Gasteiger partial charge in [0.25, 0.3) is 5.91 Å². The first-order valence-electron chi connectivity index (χ1n) is 7.85. The van der Waals surface area contributed by atoms with Gasteiger partial charge in [-0.15, -0.1) is 0 Å². The molecule has 0 saturated carbocycles. The van der Waals surface area contributed by atoms with Gasteiger partial charge >= 0.3 is 0 Å². The average molecular weight is 324 g/mol. The summed E-state index contributed by atoms with van der Waals surface area (Å²) in [6, 6.07) is 10.0. The van der Waals surface area contributed by atoms with E-state index in [-0.39, 0.29) is 5.91 Å². The molecule has 3 aromatic rings. The fourth-order valence-electron chi connectivity index (χ4n) is 2.71. The number of aromatic nitrogens is 3. The van der Waals surface area contributed by atoms with Gasteiger partial charge in [-0.3, -0.25) is 9.48 Å². The molecular weight excluding hydrogens is 304 g/mol. The first-order valence-corrected chi connectivity index (χ1v) is 7.85. The molecule has 2 heterocycles. The third-order valence-electron chi connectivity index (χ3n) is 3.90. The van der Waals surface area contributed by atoms with Gasteiger partial charge in [0.05, 0.1) is 5.69 Å². The minimum Gasteiger partial charge on any atom is -0.360 e. The Morgan fingerprint density at radius 3 is 2.67 bits per heavy atom. The van der Waals surface area contributed by atoms with Crippen molar-refractivity contribution in [3.05, 3.63) is 59.1 Å². The zero-order valence-corrected chi connectivity index (χ0v) is 14.0. The molecule has 1 N–H and O–H groups in total. The fourth-order valence-corrected chi connectivity index (χ4v) is 2.71. The lowest BCUT2D eigenvalue weighted by atomic mass is 10.1. The third kappa shape index (κ3) is 3.22. The summed E-state index contributed by atoms with van der Waals surface area (Å²) in [4.78, 5) is 12.6. The number of carbonyl (C=O) groups is 1. The van der Waals surface area contributed by atoms with Crippen molar-refractivity contribution in [3.8, 4) is 11.3 Å². The standard InChI is InChI=1S/C18H20N4O2/c1-12-15(11-22(3)20-12)17-16(13(2)24-21-17)18(23)19-10-9-14-7-5-4-6-8-14/h4-8,11H,9-10H2,1-3H3,(H,19,23). The van der Waals surface area contributed by atoms with Crippen LogP contribution < -0.4 is 5.32 Å². The number of nitrogens with zero attached hydrogens (tertiary/aromatic N) is 3. The van der Waals surface area contributed by atoms with Gasteiger partial charge in [0.15, 0.2) is 0 Å². The molecule has 0 spiro atoms. The average Bonchev–Trinajstić information content (AvgIpc) is 3.10. The summed E-state index contributed by atoms with van der Waals surface area (Å²) in [5, 5.41) is 11.3. The molecule has 3 rings (SSSR count). The number of hydrogen-bond acceptors (Lipinski definition) is 4. The Kier molecular flexibility index (Phi) is 4.46. The van der Waals surface area contributed by atoms with Gasteiger partial charge in [0, 0.05) is 25.4 Å². The van der Waals surface area contributed by atoms with E-state index in [0.29, 0.717) is 23.6 Å². The summed E-state index contributed by atoms with van der Waals surface area (Å²) in [6.45, 7) is 4.18. The lowest BCUT2D eigenvalue weighted by molar-refractivity contribution is 0.0953. The monoisotopic (exact) mass is 324 g/mol. The van der Waals surface area contributed by atoms with E-state index in [9.17, 15) is 4.79 Å². The number of rotatable bonds is 5. The minimum absolute atomic E-state index is 0.178. The van der Waals surface area contributed by atoms with Gasteiger partial charge in [0.1, 0.15) is 17.0 Å². The van der Waals surface area contributed by atoms with Crippen molar-refractivity contribution in [3.63, 3.8) is 0 Å². The normalized spacial score (nSPS) is 10.8. The molecule has 0 aliphatic rings. The quantitative estimate of drug-likeness (QED) is 0.783. The lowest BCUT2D eigenvalue weighted by Gasteiger charge is -2.05. The highest BCUT2D eigenvalue weighted by Gasteiger charge is 2.23. The van der Waals surface area contributed by atoms with E-state index in [1.165, 1.54) is 5.56 Å². The number of benzene rings is 1. The van der Waals surface area contributed by atoms with Crippen LogP contribution in [0.3, 0.4) is 0 Å². The van der Waals surface area contributed by atoms with Gasteiger partial charge in [-0.2, -0.15) is 5.10 Å². The minimum atomic E-state index is -0.178. The van der Waals surface area contributed by atoms with Crippen LogP contribution in [-0.4, -0.2) is 27.4 Å². The molecule has 6 nitrogen and oxygen atoms in total. The molecule has 124 valence electrons. The third-order valence-corrected chi connectivity index (χ3v) is 3.90. The molecular formula is C18H20N4O2. The maximum Gasteiger partial charge on any atom is 0.257 e. The SMILES string of the molecule is Cc1nn(C)cc1-c1noc(C)c1C(=O)NCCc1ccccc1. The predicted molar refractivity (Wildman–Crippen MR) is 90.7 cm³/mol. The van der Waals surface area contributed by atoms with E-state index in [0.717, 1.165) is 17.7 Å². The van der Waals surface area contributed by atoms with E-state index in [1.807, 2.05) is 50.5 Å². The molecule has 24 heavy (non-hydrogen) atoms. The predicted octanol–water partition coefficient (Wildman–Crippen LogP) is 2.66. The Morgan fingerprint density at radius 2 is 2.00 bits per heavy atom. The second-order valence-electron chi connectivity index (χ2n) is 5.76. The van der Waals surface area contributed by atoms with Crippen molar-refractivity contribution in [2.45, 2.75) is 20.3 Å². The molecule has 0 aliphatic heterocycles. The molecule has 0 radical (unpaired) electrons. The first-order chi connectivity index (χ1) is 11.6. The Bertz CT molecular complexity index is 849. The summed E-state index contributed by atoms with van der Waals surface area (Å²) in [6.07, 6.45) is 2.62. The number of aryl methyl sites for hydroxylation is 3. The summed E-state index contributed by atoms with van der Waals surface area (Å²) in [5.41, 5.74) is 3.81. The van der Waals surface area contributed by atoms with Gasteiger partial charge < -0.3 is 9.84 Å². The number of carbonyl (C=O) groups excluding carboxylic acids is 1. The number of nitrogens with one attached hydrogen (secondary N) is 1. The molecule has 1 aromatic carbocycles. The molecule has 0 bridgehead atoms. The van der Waals surface area contributed by atoms with Crippen LogP contribution in [0, 0.1) is 13.8 Å². The molecule has 0 unspecified atom stereocenters. The fraction of sp³-hybridized carbons (Fsp3) is 0.278. The van der Waals surface area contributed by atoms with E-state index in [1.54, 1.807) is 11.6 Å². The smallest absolute Gasteiger partial charge is 0.257 e. The summed E-state index contributed by atoms with van der Waals surface area (Å²) < 4.78 is 6.95. The largest absolute Gasteiger partial charge is 0.360 e. The van der Waals surface area contributed by atoms with Crippen LogP contribution in [0.4, 0.5) is 0 Å². The van der Waals surface area contributed by atoms with Gasteiger partial charge in [-0.05, 0) is 25.8 Å². The molecule has 0 saturated heterocycles. The molecule has 0 fully saturated rings. The number of hydrogen-bond donors (Lipinski definition) is 1. The van der Waals surface area contributed by atoms with Crippen molar-refractivity contribution in [1.29, 1.82) is 0 Å². The van der Waals surface area contributed by atoms with Gasteiger partial charge in [-0.25, -0.2) is 0 Å². The van der Waals surface area contributed by atoms with Crippen molar-refractivity contribution in [1.82, 2.24) is 20.3 Å². The van der Waals surface area contributed by atoms with E-state index in [4.69, 9.17) is 4.52 Å². The summed E-state index contributed by atoms with van der Waals surface area (Å²) in [7, 11) is 1.84.